The minimum absolute atomic E-state index is 0.0281. The third kappa shape index (κ3) is 5.84. The molecule has 0 aliphatic heterocycles. The van der Waals surface area contributed by atoms with E-state index >= 15 is 0 Å². The van der Waals surface area contributed by atoms with Gasteiger partial charge in [-0.2, -0.15) is 0 Å². The molecule has 0 spiro atoms. The molecule has 0 saturated carbocycles. The summed E-state index contributed by atoms with van der Waals surface area (Å²) >= 11 is 0. The number of benzene rings is 1. The number of nitrogens with one attached hydrogen (secondary N) is 2. The number of rotatable bonds is 10. The Balaban J connectivity index is 3.05. The van der Waals surface area contributed by atoms with Gasteiger partial charge in [0.2, 0.25) is 10.0 Å². The van der Waals surface area contributed by atoms with Crippen molar-refractivity contribution in [3.63, 3.8) is 0 Å². The standard InChI is InChI=1S/C16H26N2O4S/c1-4-6-10-17-23(21,22)13-8-9-15(14(11-13)16(19)20)18-12(3)7-5-2/h8-9,11-12,17-18H,4-7,10H2,1-3H3,(H,19,20). The molecule has 1 rings (SSSR count). The molecular weight excluding hydrogens is 316 g/mol. The summed E-state index contributed by atoms with van der Waals surface area (Å²) in [7, 11) is -3.69. The molecule has 3 N–H and O–H groups in total. The number of carbonyl (C=O) groups is 1. The van der Waals surface area contributed by atoms with Crippen molar-refractivity contribution in [1.82, 2.24) is 4.72 Å². The lowest BCUT2D eigenvalue weighted by atomic mass is 10.1. The van der Waals surface area contributed by atoms with Crippen LogP contribution in [0.5, 0.6) is 0 Å². The van der Waals surface area contributed by atoms with Crippen molar-refractivity contribution in [2.24, 2.45) is 0 Å². The Morgan fingerprint density at radius 1 is 1.26 bits per heavy atom. The van der Waals surface area contributed by atoms with Crippen molar-refractivity contribution in [3.05, 3.63) is 23.8 Å². The Kier molecular flexibility index (Phi) is 7.51. The van der Waals surface area contributed by atoms with Crippen molar-refractivity contribution in [2.75, 3.05) is 11.9 Å². The van der Waals surface area contributed by atoms with E-state index in [-0.39, 0.29) is 16.5 Å². The fraction of sp³-hybridized carbons (Fsp3) is 0.562. The molecule has 0 bridgehead atoms. The maximum absolute atomic E-state index is 12.2. The zero-order valence-corrected chi connectivity index (χ0v) is 14.7. The Morgan fingerprint density at radius 3 is 2.52 bits per heavy atom. The molecule has 1 aromatic rings. The summed E-state index contributed by atoms with van der Waals surface area (Å²) in [6.45, 7) is 6.32. The Morgan fingerprint density at radius 2 is 1.96 bits per heavy atom. The van der Waals surface area contributed by atoms with Crippen molar-refractivity contribution in [2.45, 2.75) is 57.4 Å². The second-order valence-corrected chi connectivity index (χ2v) is 7.36. The molecule has 0 aliphatic rings. The number of carboxylic acid groups (broad SMARTS) is 1. The average Bonchev–Trinajstić information content (AvgIpc) is 2.47. The van der Waals surface area contributed by atoms with Gasteiger partial charge in [0.15, 0.2) is 0 Å². The molecule has 7 heteroatoms. The lowest BCUT2D eigenvalue weighted by molar-refractivity contribution is 0.0697. The van der Waals surface area contributed by atoms with Crippen molar-refractivity contribution >= 4 is 21.7 Å². The lowest BCUT2D eigenvalue weighted by Gasteiger charge is -2.17. The largest absolute Gasteiger partial charge is 0.478 e. The number of unbranched alkanes of at least 4 members (excludes halogenated alkanes) is 1. The van der Waals surface area contributed by atoms with Crippen LogP contribution in [0.2, 0.25) is 0 Å². The van der Waals surface area contributed by atoms with Gasteiger partial charge in [0.25, 0.3) is 0 Å². The molecule has 0 aliphatic carbocycles. The van der Waals surface area contributed by atoms with Crippen LogP contribution in [0.4, 0.5) is 5.69 Å². The molecule has 1 aromatic carbocycles. The first-order valence-corrected chi connectivity index (χ1v) is 9.43. The fourth-order valence-electron chi connectivity index (χ4n) is 2.23. The zero-order chi connectivity index (χ0) is 17.5. The number of carboxylic acids is 1. The molecule has 1 atom stereocenters. The van der Waals surface area contributed by atoms with E-state index in [2.05, 4.69) is 10.0 Å². The van der Waals surface area contributed by atoms with Crippen LogP contribution >= 0.6 is 0 Å². The van der Waals surface area contributed by atoms with E-state index in [4.69, 9.17) is 0 Å². The van der Waals surface area contributed by atoms with Gasteiger partial charge < -0.3 is 10.4 Å². The molecule has 0 radical (unpaired) electrons. The number of aromatic carboxylic acids is 1. The van der Waals surface area contributed by atoms with E-state index in [1.165, 1.54) is 18.2 Å². The highest BCUT2D eigenvalue weighted by Crippen LogP contribution is 2.22. The fourth-order valence-corrected chi connectivity index (χ4v) is 3.33. The van der Waals surface area contributed by atoms with Gasteiger partial charge in [0.05, 0.1) is 10.5 Å². The van der Waals surface area contributed by atoms with Gasteiger partial charge in [-0.3, -0.25) is 0 Å². The van der Waals surface area contributed by atoms with Crippen molar-refractivity contribution in [3.8, 4) is 0 Å². The van der Waals surface area contributed by atoms with Crippen molar-refractivity contribution in [1.29, 1.82) is 0 Å². The number of hydrogen-bond donors (Lipinski definition) is 3. The second-order valence-electron chi connectivity index (χ2n) is 5.60. The third-order valence-corrected chi connectivity index (χ3v) is 4.94. The summed E-state index contributed by atoms with van der Waals surface area (Å²) in [6, 6.07) is 4.27. The van der Waals surface area contributed by atoms with E-state index in [0.29, 0.717) is 12.2 Å². The maximum atomic E-state index is 12.2. The second kappa shape index (κ2) is 8.88. The maximum Gasteiger partial charge on any atom is 0.337 e. The molecule has 0 fully saturated rings. The van der Waals surface area contributed by atoms with Crippen molar-refractivity contribution < 1.29 is 18.3 Å². The van der Waals surface area contributed by atoms with Gasteiger partial charge in [-0.1, -0.05) is 26.7 Å². The van der Waals surface area contributed by atoms with E-state index in [9.17, 15) is 18.3 Å². The van der Waals surface area contributed by atoms with Crippen LogP contribution in [0.25, 0.3) is 0 Å². The van der Waals surface area contributed by atoms with Crippen LogP contribution in [0, 0.1) is 0 Å². The first kappa shape index (κ1) is 19.4. The predicted octanol–water partition coefficient (Wildman–Crippen LogP) is 3.06. The molecule has 130 valence electrons. The topological polar surface area (TPSA) is 95.5 Å². The van der Waals surface area contributed by atoms with Crippen LogP contribution in [0.15, 0.2) is 23.1 Å². The first-order valence-electron chi connectivity index (χ1n) is 7.95. The summed E-state index contributed by atoms with van der Waals surface area (Å²) in [5, 5.41) is 12.5. The van der Waals surface area contributed by atoms with E-state index < -0.39 is 16.0 Å². The molecular formula is C16H26N2O4S. The predicted molar refractivity (Wildman–Crippen MR) is 91.5 cm³/mol. The van der Waals surface area contributed by atoms with Gasteiger partial charge in [-0.25, -0.2) is 17.9 Å². The Hall–Kier alpha value is -1.60. The number of hydrogen-bond acceptors (Lipinski definition) is 4. The van der Waals surface area contributed by atoms with E-state index in [0.717, 1.165) is 25.7 Å². The van der Waals surface area contributed by atoms with Gasteiger partial charge in [0.1, 0.15) is 0 Å². The normalized spacial score (nSPS) is 12.8. The first-order chi connectivity index (χ1) is 10.8. The van der Waals surface area contributed by atoms with Gasteiger partial charge >= 0.3 is 5.97 Å². The summed E-state index contributed by atoms with van der Waals surface area (Å²) in [5.74, 6) is -1.15. The molecule has 0 saturated heterocycles. The zero-order valence-electron chi connectivity index (χ0n) is 13.9. The quantitative estimate of drug-likeness (QED) is 0.568. The lowest BCUT2D eigenvalue weighted by Crippen LogP contribution is -2.25. The van der Waals surface area contributed by atoms with Gasteiger partial charge in [-0.15, -0.1) is 0 Å². The van der Waals surface area contributed by atoms with Crippen LogP contribution < -0.4 is 10.0 Å². The summed E-state index contributed by atoms with van der Waals surface area (Å²) < 4.78 is 26.9. The van der Waals surface area contributed by atoms with Crippen LogP contribution in [0.1, 0.15) is 56.8 Å². The summed E-state index contributed by atoms with van der Waals surface area (Å²) in [4.78, 5) is 11.4. The molecule has 0 amide bonds. The molecule has 23 heavy (non-hydrogen) atoms. The molecule has 0 heterocycles. The number of anilines is 1. The third-order valence-electron chi connectivity index (χ3n) is 3.48. The molecule has 0 aromatic heterocycles. The Labute approximate surface area is 138 Å². The SMILES string of the molecule is CCCCNS(=O)(=O)c1ccc(NC(C)CCC)c(C(=O)O)c1. The smallest absolute Gasteiger partial charge is 0.337 e. The van der Waals surface area contributed by atoms with Gasteiger partial charge in [-0.05, 0) is 38.0 Å². The summed E-state index contributed by atoms with van der Waals surface area (Å²) in [6.07, 6.45) is 3.49. The van der Waals surface area contributed by atoms with Gasteiger partial charge in [0, 0.05) is 18.3 Å². The van der Waals surface area contributed by atoms with Crippen LogP contribution in [-0.4, -0.2) is 32.1 Å². The minimum atomic E-state index is -3.69. The summed E-state index contributed by atoms with van der Waals surface area (Å²) in [5.41, 5.74) is 0.400. The molecule has 1 unspecified atom stereocenters. The highest BCUT2D eigenvalue weighted by Gasteiger charge is 2.19. The van der Waals surface area contributed by atoms with E-state index in [1.807, 2.05) is 20.8 Å². The van der Waals surface area contributed by atoms with E-state index in [1.54, 1.807) is 0 Å². The highest BCUT2D eigenvalue weighted by molar-refractivity contribution is 7.89. The minimum Gasteiger partial charge on any atom is -0.478 e. The van der Waals surface area contributed by atoms with Crippen LogP contribution in [0.3, 0.4) is 0 Å². The molecule has 6 nitrogen and oxygen atoms in total. The Bertz CT molecular complexity index is 629. The number of sulfonamides is 1. The van der Waals surface area contributed by atoms with Crippen LogP contribution in [-0.2, 0) is 10.0 Å². The average molecular weight is 342 g/mol. The highest BCUT2D eigenvalue weighted by atomic mass is 32.2. The monoisotopic (exact) mass is 342 g/mol.